The van der Waals surface area contributed by atoms with Crippen molar-refractivity contribution in [3.05, 3.63) is 46.3 Å². The molecule has 0 spiro atoms. The molecule has 0 aliphatic carbocycles. The van der Waals surface area contributed by atoms with E-state index in [1.807, 2.05) is 0 Å². The number of nitrogens with one attached hydrogen (secondary N) is 2. The summed E-state index contributed by atoms with van der Waals surface area (Å²) in [6.07, 6.45) is 1.47. The van der Waals surface area contributed by atoms with E-state index >= 15 is 0 Å². The molecule has 2 aromatic rings. The van der Waals surface area contributed by atoms with Gasteiger partial charge in [-0.1, -0.05) is 6.07 Å². The fraction of sp³-hybridized carbons (Fsp3) is 0.154. The molecule has 1 heterocycles. The van der Waals surface area contributed by atoms with Crippen LogP contribution in [0.2, 0.25) is 0 Å². The Labute approximate surface area is 130 Å². The van der Waals surface area contributed by atoms with Gasteiger partial charge in [0.15, 0.2) is 0 Å². The van der Waals surface area contributed by atoms with Crippen LogP contribution >= 0.6 is 15.9 Å². The molecule has 112 valence electrons. The van der Waals surface area contributed by atoms with Gasteiger partial charge in [-0.05, 0) is 46.6 Å². The quantitative estimate of drug-likeness (QED) is 0.863. The van der Waals surface area contributed by atoms with Gasteiger partial charge in [-0.15, -0.1) is 0 Å². The molecule has 2 rings (SSSR count). The summed E-state index contributed by atoms with van der Waals surface area (Å²) in [5.41, 5.74) is 0.595. The molecule has 0 aliphatic heterocycles. The molecule has 0 atom stereocenters. The Hall–Kier alpha value is -1.67. The molecule has 0 saturated carbocycles. The van der Waals surface area contributed by atoms with Crippen LogP contribution < -0.4 is 10.0 Å². The van der Waals surface area contributed by atoms with Crippen molar-refractivity contribution >= 4 is 37.5 Å². The van der Waals surface area contributed by atoms with Crippen LogP contribution in [0.15, 0.2) is 39.8 Å². The predicted molar refractivity (Wildman–Crippen MR) is 83.4 cm³/mol. The molecule has 0 radical (unpaired) electrons. The van der Waals surface area contributed by atoms with Crippen molar-refractivity contribution < 1.29 is 12.8 Å². The lowest BCUT2D eigenvalue weighted by atomic mass is 10.2. The van der Waals surface area contributed by atoms with Crippen molar-refractivity contribution in [2.24, 2.45) is 0 Å². The van der Waals surface area contributed by atoms with Gasteiger partial charge >= 0.3 is 0 Å². The summed E-state index contributed by atoms with van der Waals surface area (Å²) >= 11 is 3.17. The second-order valence-corrected chi connectivity index (χ2v) is 6.91. The van der Waals surface area contributed by atoms with Crippen molar-refractivity contribution in [1.82, 2.24) is 4.98 Å². The van der Waals surface area contributed by atoms with Crippen LogP contribution in [-0.4, -0.2) is 20.4 Å². The van der Waals surface area contributed by atoms with Crippen molar-refractivity contribution in [2.45, 2.75) is 11.8 Å². The second-order valence-electron chi connectivity index (χ2n) is 4.34. The van der Waals surface area contributed by atoms with Gasteiger partial charge in [0.05, 0.1) is 5.69 Å². The largest absolute Gasteiger partial charge is 0.372 e. The Kier molecular flexibility index (Phi) is 4.48. The molecule has 21 heavy (non-hydrogen) atoms. The summed E-state index contributed by atoms with van der Waals surface area (Å²) in [6, 6.07) is 5.66. The summed E-state index contributed by atoms with van der Waals surface area (Å²) < 4.78 is 41.3. The number of anilines is 2. The predicted octanol–water partition coefficient (Wildman–Crippen LogP) is 3.13. The van der Waals surface area contributed by atoms with Crippen LogP contribution in [0, 0.1) is 12.7 Å². The van der Waals surface area contributed by atoms with E-state index in [-0.39, 0.29) is 16.4 Å². The number of hydrogen-bond acceptors (Lipinski definition) is 4. The van der Waals surface area contributed by atoms with Gasteiger partial charge in [-0.25, -0.2) is 17.8 Å². The molecular formula is C13H13BrFN3O2S. The van der Waals surface area contributed by atoms with E-state index in [9.17, 15) is 12.8 Å². The van der Waals surface area contributed by atoms with Gasteiger partial charge in [0.1, 0.15) is 16.5 Å². The highest BCUT2D eigenvalue weighted by atomic mass is 79.9. The van der Waals surface area contributed by atoms with Crippen molar-refractivity contribution in [2.75, 3.05) is 17.1 Å². The first-order chi connectivity index (χ1) is 9.83. The fourth-order valence-electron chi connectivity index (χ4n) is 1.72. The molecule has 2 N–H and O–H groups in total. The molecule has 0 bridgehead atoms. The van der Waals surface area contributed by atoms with Crippen LogP contribution in [0.4, 0.5) is 15.9 Å². The lowest BCUT2D eigenvalue weighted by molar-refractivity contribution is 0.598. The molecule has 1 aromatic heterocycles. The lowest BCUT2D eigenvalue weighted by Gasteiger charge is -2.12. The summed E-state index contributed by atoms with van der Waals surface area (Å²) in [4.78, 5) is 3.90. The van der Waals surface area contributed by atoms with E-state index < -0.39 is 15.8 Å². The molecule has 1 aromatic carbocycles. The van der Waals surface area contributed by atoms with Gasteiger partial charge < -0.3 is 5.32 Å². The number of halogens is 2. The lowest BCUT2D eigenvalue weighted by Crippen LogP contribution is -2.16. The fourth-order valence-corrected chi connectivity index (χ4v) is 3.46. The van der Waals surface area contributed by atoms with E-state index in [1.165, 1.54) is 24.4 Å². The molecule has 0 fully saturated rings. The van der Waals surface area contributed by atoms with Crippen molar-refractivity contribution in [3.8, 4) is 0 Å². The highest BCUT2D eigenvalue weighted by Crippen LogP contribution is 2.26. The minimum absolute atomic E-state index is 0.0700. The van der Waals surface area contributed by atoms with Crippen molar-refractivity contribution in [3.63, 3.8) is 0 Å². The highest BCUT2D eigenvalue weighted by molar-refractivity contribution is 9.10. The van der Waals surface area contributed by atoms with Gasteiger partial charge in [-0.2, -0.15) is 0 Å². The number of nitrogens with zero attached hydrogens (tertiary/aromatic N) is 1. The maximum absolute atomic E-state index is 13.8. The molecule has 5 nitrogen and oxygen atoms in total. The highest BCUT2D eigenvalue weighted by Gasteiger charge is 2.21. The first kappa shape index (κ1) is 15.7. The molecule has 0 aliphatic rings. The minimum atomic E-state index is -3.96. The number of benzene rings is 1. The smallest absolute Gasteiger partial charge is 0.265 e. The SMILES string of the molecule is CNc1ncc(Br)cc1S(=O)(=O)Nc1ccc(C)cc1F. The third-order valence-corrected chi connectivity index (χ3v) is 4.53. The van der Waals surface area contributed by atoms with Gasteiger partial charge in [0, 0.05) is 17.7 Å². The molecule has 0 unspecified atom stereocenters. The zero-order valence-electron chi connectivity index (χ0n) is 11.3. The first-order valence-corrected chi connectivity index (χ1v) is 8.23. The topological polar surface area (TPSA) is 71.1 Å². The number of hydrogen-bond donors (Lipinski definition) is 2. The number of aryl methyl sites for hydroxylation is 1. The number of sulfonamides is 1. The first-order valence-electron chi connectivity index (χ1n) is 5.96. The standard InChI is InChI=1S/C13H13BrFN3O2S/c1-8-3-4-11(10(15)5-8)18-21(19,20)12-6-9(14)7-17-13(12)16-2/h3-7,18H,1-2H3,(H,16,17). The van der Waals surface area contributed by atoms with E-state index in [0.29, 0.717) is 10.0 Å². The summed E-state index contributed by atoms with van der Waals surface area (Å²) in [5.74, 6) is -0.453. The van der Waals surface area contributed by atoms with Crippen LogP contribution in [0.1, 0.15) is 5.56 Å². The molecule has 0 saturated heterocycles. The number of aromatic nitrogens is 1. The zero-order chi connectivity index (χ0) is 15.6. The summed E-state index contributed by atoms with van der Waals surface area (Å²) in [6.45, 7) is 1.72. The Morgan fingerprint density at radius 1 is 1.29 bits per heavy atom. The van der Waals surface area contributed by atoms with E-state index in [4.69, 9.17) is 0 Å². The average molecular weight is 374 g/mol. The number of pyridine rings is 1. The van der Waals surface area contributed by atoms with Crippen LogP contribution in [0.5, 0.6) is 0 Å². The van der Waals surface area contributed by atoms with Crippen molar-refractivity contribution in [1.29, 1.82) is 0 Å². The van der Waals surface area contributed by atoms with Gasteiger partial charge in [-0.3, -0.25) is 4.72 Å². The Morgan fingerprint density at radius 2 is 2.00 bits per heavy atom. The Bertz CT molecular complexity index is 781. The van der Waals surface area contributed by atoms with E-state index in [2.05, 4.69) is 31.0 Å². The van der Waals surface area contributed by atoms with Gasteiger partial charge in [0.2, 0.25) is 0 Å². The normalized spacial score (nSPS) is 11.2. The third kappa shape index (κ3) is 3.51. The second kappa shape index (κ2) is 5.98. The molecule has 8 heteroatoms. The van der Waals surface area contributed by atoms with Gasteiger partial charge in [0.25, 0.3) is 10.0 Å². The number of rotatable bonds is 4. The summed E-state index contributed by atoms with van der Waals surface area (Å²) in [5, 5.41) is 2.69. The van der Waals surface area contributed by atoms with E-state index in [1.54, 1.807) is 20.0 Å². The average Bonchev–Trinajstić information content (AvgIpc) is 2.42. The zero-order valence-corrected chi connectivity index (χ0v) is 13.7. The Balaban J connectivity index is 2.45. The Morgan fingerprint density at radius 3 is 2.62 bits per heavy atom. The molecular weight excluding hydrogens is 361 g/mol. The summed E-state index contributed by atoms with van der Waals surface area (Å²) in [7, 11) is -2.40. The minimum Gasteiger partial charge on any atom is -0.372 e. The maximum atomic E-state index is 13.8. The van der Waals surface area contributed by atoms with E-state index in [0.717, 1.165) is 0 Å². The third-order valence-electron chi connectivity index (χ3n) is 2.71. The monoisotopic (exact) mass is 373 g/mol. The van der Waals surface area contributed by atoms with Crippen LogP contribution in [-0.2, 0) is 10.0 Å². The van der Waals surface area contributed by atoms with Crippen LogP contribution in [0.3, 0.4) is 0 Å². The molecule has 0 amide bonds. The maximum Gasteiger partial charge on any atom is 0.265 e. The van der Waals surface area contributed by atoms with Crippen LogP contribution in [0.25, 0.3) is 0 Å².